The zero-order chi connectivity index (χ0) is 18.4. The highest BCUT2D eigenvalue weighted by molar-refractivity contribution is 14.1. The summed E-state index contributed by atoms with van der Waals surface area (Å²) in [7, 11) is 0. The minimum Gasteiger partial charge on any atom is -0.507 e. The molecule has 0 bridgehead atoms. The van der Waals surface area contributed by atoms with Crippen molar-refractivity contribution in [3.8, 4) is 28.2 Å². The van der Waals surface area contributed by atoms with Gasteiger partial charge < -0.3 is 9.52 Å². The van der Waals surface area contributed by atoms with E-state index in [2.05, 4.69) is 0 Å². The fourth-order valence-electron chi connectivity index (χ4n) is 3.21. The number of phenols is 1. The summed E-state index contributed by atoms with van der Waals surface area (Å²) in [6.07, 6.45) is 0.817. The van der Waals surface area contributed by atoms with E-state index >= 15 is 0 Å². The van der Waals surface area contributed by atoms with Gasteiger partial charge in [-0.25, -0.2) is 0 Å². The smallest absolute Gasteiger partial charge is 0.185 e. The van der Waals surface area contributed by atoms with Gasteiger partial charge in [-0.2, -0.15) is 0 Å². The van der Waals surface area contributed by atoms with Crippen LogP contribution in [0.5, 0.6) is 5.75 Å². The molecule has 0 saturated carbocycles. The topological polar surface area (TPSA) is 67.5 Å². The molecule has 2 aliphatic rings. The molecule has 0 spiro atoms. The third-order valence-corrected chi connectivity index (χ3v) is 5.58. The van der Waals surface area contributed by atoms with Crippen LogP contribution >= 0.6 is 22.6 Å². The summed E-state index contributed by atoms with van der Waals surface area (Å²) >= 11 is 2.02. The van der Waals surface area contributed by atoms with Gasteiger partial charge in [-0.05, 0) is 59.3 Å². The Morgan fingerprint density at radius 1 is 1.04 bits per heavy atom. The largest absolute Gasteiger partial charge is 0.507 e. The number of carbonyl (C=O) groups is 1. The van der Waals surface area contributed by atoms with Crippen molar-refractivity contribution in [3.63, 3.8) is 0 Å². The van der Waals surface area contributed by atoms with Crippen molar-refractivity contribution in [2.45, 2.75) is 6.92 Å². The highest BCUT2D eigenvalue weighted by atomic mass is 127. The van der Waals surface area contributed by atoms with E-state index in [9.17, 15) is 14.7 Å². The van der Waals surface area contributed by atoms with Crippen molar-refractivity contribution in [3.05, 3.63) is 73.5 Å². The average Bonchev–Trinajstić information content (AvgIpc) is 2.66. The highest BCUT2D eigenvalue weighted by Crippen LogP contribution is 2.44. The first-order valence-corrected chi connectivity index (χ1v) is 9.03. The van der Waals surface area contributed by atoms with Crippen LogP contribution in [0, 0.1) is 10.5 Å². The fraction of sp³-hybridized carbons (Fsp3) is 0.0476. The van der Waals surface area contributed by atoms with Gasteiger partial charge >= 0.3 is 0 Å². The van der Waals surface area contributed by atoms with Crippen LogP contribution in [0.15, 0.2) is 57.7 Å². The van der Waals surface area contributed by atoms with E-state index < -0.39 is 0 Å². The Balaban J connectivity index is 2.29. The molecule has 1 aliphatic heterocycles. The molecule has 2 aromatic carbocycles. The molecule has 0 fully saturated rings. The van der Waals surface area contributed by atoms with Crippen LogP contribution in [-0.2, 0) is 0 Å². The molecule has 0 saturated heterocycles. The summed E-state index contributed by atoms with van der Waals surface area (Å²) in [6, 6.07) is 13.9. The molecule has 0 amide bonds. The Bertz CT molecular complexity index is 1210. The molecule has 4 rings (SSSR count). The number of rotatable bonds is 2. The van der Waals surface area contributed by atoms with E-state index in [-0.39, 0.29) is 11.2 Å². The van der Waals surface area contributed by atoms with Crippen molar-refractivity contribution in [2.75, 3.05) is 0 Å². The Morgan fingerprint density at radius 3 is 2.58 bits per heavy atom. The molecule has 5 heteroatoms. The van der Waals surface area contributed by atoms with Crippen molar-refractivity contribution in [1.29, 1.82) is 0 Å². The predicted molar refractivity (Wildman–Crippen MR) is 109 cm³/mol. The highest BCUT2D eigenvalue weighted by Gasteiger charge is 2.23. The minimum absolute atomic E-state index is 0.103. The summed E-state index contributed by atoms with van der Waals surface area (Å²) in [5, 5.41) is 10.9. The van der Waals surface area contributed by atoms with E-state index in [0.717, 1.165) is 28.4 Å². The molecule has 0 radical (unpaired) electrons. The maximum Gasteiger partial charge on any atom is 0.185 e. The summed E-state index contributed by atoms with van der Waals surface area (Å²) in [5.74, 6) is 0.566. The molecule has 128 valence electrons. The van der Waals surface area contributed by atoms with E-state index in [1.54, 1.807) is 31.2 Å². The number of phenolic OH excluding ortho intramolecular Hbond substituents is 1. The SMILES string of the molecule is Cc1c2oc3c(I)c(O)ccc3c(-c3ccccc3C=O)c-2ccc1=O. The van der Waals surface area contributed by atoms with Gasteiger partial charge in [0.1, 0.15) is 11.5 Å². The predicted octanol–water partition coefficient (Wildman–Crippen LogP) is 5.00. The zero-order valence-electron chi connectivity index (χ0n) is 13.7. The number of fused-ring (bicyclic) bond motifs is 2. The van der Waals surface area contributed by atoms with Gasteiger partial charge in [0.05, 0.1) is 3.57 Å². The van der Waals surface area contributed by atoms with Gasteiger partial charge in [0.25, 0.3) is 0 Å². The van der Waals surface area contributed by atoms with Gasteiger partial charge in [-0.1, -0.05) is 24.3 Å². The van der Waals surface area contributed by atoms with Crippen molar-refractivity contribution in [1.82, 2.24) is 0 Å². The summed E-state index contributed by atoms with van der Waals surface area (Å²) in [5.41, 5.74) is 3.73. The van der Waals surface area contributed by atoms with Gasteiger partial charge in [0.2, 0.25) is 0 Å². The Labute approximate surface area is 162 Å². The monoisotopic (exact) mass is 456 g/mol. The van der Waals surface area contributed by atoms with Crippen LogP contribution < -0.4 is 5.43 Å². The number of halogens is 1. The number of hydrogen-bond acceptors (Lipinski definition) is 4. The molecule has 2 aromatic rings. The third kappa shape index (κ3) is 2.42. The third-order valence-electron chi connectivity index (χ3n) is 4.53. The van der Waals surface area contributed by atoms with Crippen molar-refractivity contribution < 1.29 is 14.3 Å². The quantitative estimate of drug-likeness (QED) is 0.262. The Morgan fingerprint density at radius 2 is 1.81 bits per heavy atom. The van der Waals surface area contributed by atoms with Gasteiger partial charge in [0, 0.05) is 27.6 Å². The summed E-state index contributed by atoms with van der Waals surface area (Å²) in [6.45, 7) is 1.71. The Kier molecular flexibility index (Phi) is 4.03. The number of aldehydes is 1. The van der Waals surface area contributed by atoms with Gasteiger partial charge in [0.15, 0.2) is 17.3 Å². The second kappa shape index (κ2) is 6.25. The van der Waals surface area contributed by atoms with Gasteiger partial charge in [-0.3, -0.25) is 9.59 Å². The maximum absolute atomic E-state index is 12.1. The lowest BCUT2D eigenvalue weighted by atomic mass is 9.90. The normalized spacial score (nSPS) is 11.2. The molecule has 26 heavy (non-hydrogen) atoms. The van der Waals surface area contributed by atoms with Crippen molar-refractivity contribution in [2.24, 2.45) is 0 Å². The molecule has 1 N–H and O–H groups in total. The zero-order valence-corrected chi connectivity index (χ0v) is 15.9. The van der Waals surface area contributed by atoms with Crippen molar-refractivity contribution >= 4 is 39.8 Å². The van der Waals surface area contributed by atoms with Crippen LogP contribution in [-0.4, -0.2) is 11.4 Å². The first-order chi connectivity index (χ1) is 12.5. The number of aromatic hydroxyl groups is 1. The fourth-order valence-corrected chi connectivity index (χ4v) is 3.79. The number of carbonyl (C=O) groups excluding carboxylic acids is 1. The van der Waals surface area contributed by atoms with Gasteiger partial charge in [-0.15, -0.1) is 0 Å². The van der Waals surface area contributed by atoms with E-state index in [4.69, 9.17) is 4.42 Å². The standard InChI is InChI=1S/C21H13IO4/c1-11-16(24)8-6-14-18(13-5-3-2-4-12(13)10-23)15-7-9-17(25)19(22)21(15)26-20(11)14/h2-10,25H,1H3. The van der Waals surface area contributed by atoms with Crippen LogP contribution in [0.1, 0.15) is 15.9 Å². The Hall–Kier alpha value is -2.67. The minimum atomic E-state index is -0.120. The van der Waals surface area contributed by atoms with E-state index in [1.165, 1.54) is 6.07 Å². The lowest BCUT2D eigenvalue weighted by Gasteiger charge is -2.18. The van der Waals surface area contributed by atoms with Crippen LogP contribution in [0.3, 0.4) is 0 Å². The molecule has 4 nitrogen and oxygen atoms in total. The van der Waals surface area contributed by atoms with Crippen LogP contribution in [0.2, 0.25) is 0 Å². The van der Waals surface area contributed by atoms with E-state index in [0.29, 0.717) is 26.0 Å². The molecule has 0 aromatic heterocycles. The number of hydrogen-bond donors (Lipinski definition) is 1. The molecule has 1 heterocycles. The lowest BCUT2D eigenvalue weighted by molar-refractivity contribution is 0.112. The summed E-state index contributed by atoms with van der Waals surface area (Å²) in [4.78, 5) is 23.7. The lowest BCUT2D eigenvalue weighted by Crippen LogP contribution is -2.07. The maximum atomic E-state index is 12.1. The number of benzene rings is 3. The first-order valence-electron chi connectivity index (χ1n) is 7.95. The molecule has 0 unspecified atom stereocenters. The molecular formula is C21H13IO4. The second-order valence-electron chi connectivity index (χ2n) is 6.02. The summed E-state index contributed by atoms with van der Waals surface area (Å²) < 4.78 is 6.61. The van der Waals surface area contributed by atoms with Crippen LogP contribution in [0.4, 0.5) is 0 Å². The average molecular weight is 456 g/mol. The first kappa shape index (κ1) is 16.8. The second-order valence-corrected chi connectivity index (χ2v) is 7.10. The molecule has 1 aliphatic carbocycles. The molecule has 0 atom stereocenters. The molecular weight excluding hydrogens is 443 g/mol. The van der Waals surface area contributed by atoms with Crippen LogP contribution in [0.25, 0.3) is 33.4 Å². The van der Waals surface area contributed by atoms with E-state index in [1.807, 2.05) is 40.8 Å².